The Balaban J connectivity index is 1.46. The number of hydrazine groups is 1. The third-order valence-electron chi connectivity index (χ3n) is 4.86. The first-order valence-corrected chi connectivity index (χ1v) is 8.93. The maximum atomic E-state index is 12.9. The lowest BCUT2D eigenvalue weighted by Gasteiger charge is -2.31. The maximum Gasteiger partial charge on any atom is 0.251 e. The van der Waals surface area contributed by atoms with Crippen LogP contribution in [0.25, 0.3) is 0 Å². The number of nitrogens with zero attached hydrogens (tertiary/aromatic N) is 2. The van der Waals surface area contributed by atoms with Crippen LogP contribution in [0.15, 0.2) is 60.9 Å². The Bertz CT molecular complexity index is 820. The molecule has 2 aliphatic heterocycles. The van der Waals surface area contributed by atoms with Gasteiger partial charge in [-0.3, -0.25) is 4.79 Å². The molecular weight excluding hydrogens is 350 g/mol. The zero-order chi connectivity index (χ0) is 18.1. The van der Waals surface area contributed by atoms with Crippen LogP contribution in [-0.2, 0) is 11.3 Å². The number of nitrogens with one attached hydrogen (secondary N) is 1. The number of carbonyl (C=O) groups is 1. The summed E-state index contributed by atoms with van der Waals surface area (Å²) in [6, 6.07) is 15.5. The minimum Gasteiger partial charge on any atom is -0.497 e. The van der Waals surface area contributed by atoms with Crippen molar-refractivity contribution in [3.05, 3.63) is 77.1 Å². The summed E-state index contributed by atoms with van der Waals surface area (Å²) in [4.78, 5) is 14.7. The van der Waals surface area contributed by atoms with Crippen LogP contribution < -0.4 is 10.2 Å². The Kier molecular flexibility index (Phi) is 4.57. The zero-order valence-electron chi connectivity index (χ0n) is 14.4. The van der Waals surface area contributed by atoms with Crippen LogP contribution in [-0.4, -0.2) is 29.0 Å². The largest absolute Gasteiger partial charge is 0.497 e. The summed E-state index contributed by atoms with van der Waals surface area (Å²) < 4.78 is 5.21. The summed E-state index contributed by atoms with van der Waals surface area (Å²) in [5.74, 6) is 0.931. The van der Waals surface area contributed by atoms with Gasteiger partial charge in [0.15, 0.2) is 0 Å². The van der Waals surface area contributed by atoms with Gasteiger partial charge in [-0.1, -0.05) is 35.9 Å². The Hall–Kier alpha value is -2.50. The van der Waals surface area contributed by atoms with Crippen molar-refractivity contribution < 1.29 is 9.53 Å². The SMILES string of the molecule is COc1ccc(C2CC3C(=O)N(Cc4ccc(Cl)cc4)C=CN3N2)cc1. The highest BCUT2D eigenvalue weighted by Gasteiger charge is 2.39. The van der Waals surface area contributed by atoms with Crippen molar-refractivity contribution >= 4 is 17.5 Å². The van der Waals surface area contributed by atoms with Crippen LogP contribution in [0.5, 0.6) is 5.75 Å². The minimum atomic E-state index is -0.195. The number of hydrogen-bond donors (Lipinski definition) is 1. The number of amides is 1. The molecule has 0 aromatic heterocycles. The van der Waals surface area contributed by atoms with Crippen LogP contribution in [0, 0.1) is 0 Å². The lowest BCUT2D eigenvalue weighted by Crippen LogP contribution is -2.47. The van der Waals surface area contributed by atoms with Gasteiger partial charge in [-0.05, 0) is 41.8 Å². The van der Waals surface area contributed by atoms with Crippen molar-refractivity contribution in [2.24, 2.45) is 0 Å². The average molecular weight is 370 g/mol. The summed E-state index contributed by atoms with van der Waals surface area (Å²) in [7, 11) is 1.65. The zero-order valence-corrected chi connectivity index (χ0v) is 15.2. The summed E-state index contributed by atoms with van der Waals surface area (Å²) in [5, 5.41) is 2.61. The number of fused-ring (bicyclic) bond motifs is 1. The minimum absolute atomic E-state index is 0.103. The molecule has 2 aromatic rings. The molecule has 4 rings (SSSR count). The van der Waals surface area contributed by atoms with Crippen molar-refractivity contribution in [1.29, 1.82) is 0 Å². The van der Waals surface area contributed by atoms with Crippen molar-refractivity contribution in [3.63, 3.8) is 0 Å². The van der Waals surface area contributed by atoms with Crippen molar-refractivity contribution in [2.45, 2.75) is 25.0 Å². The Morgan fingerprint density at radius 1 is 1.12 bits per heavy atom. The molecule has 0 saturated carbocycles. The molecule has 2 aliphatic rings. The molecule has 1 N–H and O–H groups in total. The molecule has 1 saturated heterocycles. The second-order valence-electron chi connectivity index (χ2n) is 6.50. The van der Waals surface area contributed by atoms with Gasteiger partial charge in [0.05, 0.1) is 19.7 Å². The normalized spacial score (nSPS) is 21.8. The summed E-state index contributed by atoms with van der Waals surface area (Å²) in [5.41, 5.74) is 5.61. The Morgan fingerprint density at radius 3 is 2.54 bits per heavy atom. The predicted octanol–water partition coefficient (Wildman–Crippen LogP) is 3.48. The van der Waals surface area contributed by atoms with E-state index in [1.165, 1.54) is 0 Å². The highest BCUT2D eigenvalue weighted by Crippen LogP contribution is 2.32. The van der Waals surface area contributed by atoms with E-state index in [-0.39, 0.29) is 18.0 Å². The fraction of sp³-hybridized carbons (Fsp3) is 0.250. The molecule has 5 nitrogen and oxygen atoms in total. The van der Waals surface area contributed by atoms with E-state index in [4.69, 9.17) is 16.3 Å². The first-order chi connectivity index (χ1) is 12.6. The fourth-order valence-corrected chi connectivity index (χ4v) is 3.53. The number of carbonyl (C=O) groups excluding carboxylic acids is 1. The van der Waals surface area contributed by atoms with E-state index >= 15 is 0 Å². The molecule has 1 fully saturated rings. The van der Waals surface area contributed by atoms with Gasteiger partial charge in [0.25, 0.3) is 5.91 Å². The number of rotatable bonds is 4. The Labute approximate surface area is 157 Å². The highest BCUT2D eigenvalue weighted by molar-refractivity contribution is 6.30. The molecule has 1 amide bonds. The molecule has 2 aromatic carbocycles. The van der Waals surface area contributed by atoms with Gasteiger partial charge >= 0.3 is 0 Å². The molecule has 2 heterocycles. The smallest absolute Gasteiger partial charge is 0.251 e. The van der Waals surface area contributed by atoms with Gasteiger partial charge < -0.3 is 14.6 Å². The molecule has 0 aliphatic carbocycles. The topological polar surface area (TPSA) is 44.8 Å². The standard InChI is InChI=1S/C20H20ClN3O2/c1-26-17-8-4-15(5-9-17)18-12-19-20(25)23(10-11-24(19)22-18)13-14-2-6-16(21)7-3-14/h2-11,18-19,22H,12-13H2,1H3. The third kappa shape index (κ3) is 3.28. The second kappa shape index (κ2) is 7.02. The molecule has 26 heavy (non-hydrogen) atoms. The number of ether oxygens (including phenoxy) is 1. The third-order valence-corrected chi connectivity index (χ3v) is 5.11. The van der Waals surface area contributed by atoms with E-state index in [2.05, 4.69) is 5.43 Å². The lowest BCUT2D eigenvalue weighted by molar-refractivity contribution is -0.134. The van der Waals surface area contributed by atoms with E-state index in [0.29, 0.717) is 11.6 Å². The van der Waals surface area contributed by atoms with E-state index in [1.54, 1.807) is 12.0 Å². The first kappa shape index (κ1) is 16.9. The van der Waals surface area contributed by atoms with Gasteiger partial charge in [0, 0.05) is 17.4 Å². The van der Waals surface area contributed by atoms with Crippen molar-refractivity contribution in [3.8, 4) is 5.75 Å². The van der Waals surface area contributed by atoms with Gasteiger partial charge in [-0.2, -0.15) is 0 Å². The van der Waals surface area contributed by atoms with E-state index in [9.17, 15) is 4.79 Å². The molecular formula is C20H20ClN3O2. The molecule has 134 valence electrons. The van der Waals surface area contributed by atoms with Gasteiger partial charge in [-0.25, -0.2) is 5.43 Å². The number of halogens is 1. The van der Waals surface area contributed by atoms with Crippen LogP contribution in [0.3, 0.4) is 0 Å². The predicted molar refractivity (Wildman–Crippen MR) is 100 cm³/mol. The van der Waals surface area contributed by atoms with Crippen LogP contribution >= 0.6 is 11.6 Å². The van der Waals surface area contributed by atoms with E-state index in [0.717, 1.165) is 23.3 Å². The molecule has 2 unspecified atom stereocenters. The maximum absolute atomic E-state index is 12.9. The molecule has 0 spiro atoms. The molecule has 2 atom stereocenters. The Morgan fingerprint density at radius 2 is 1.85 bits per heavy atom. The van der Waals surface area contributed by atoms with Crippen LogP contribution in [0.1, 0.15) is 23.6 Å². The average Bonchev–Trinajstić information content (AvgIpc) is 3.11. The van der Waals surface area contributed by atoms with Crippen molar-refractivity contribution in [1.82, 2.24) is 15.3 Å². The first-order valence-electron chi connectivity index (χ1n) is 8.56. The fourth-order valence-electron chi connectivity index (χ4n) is 3.41. The van der Waals surface area contributed by atoms with Gasteiger partial charge in [-0.15, -0.1) is 0 Å². The monoisotopic (exact) mass is 369 g/mol. The molecule has 0 bridgehead atoms. The number of methoxy groups -OCH3 is 1. The molecule has 0 radical (unpaired) electrons. The van der Waals surface area contributed by atoms with Crippen LogP contribution in [0.4, 0.5) is 0 Å². The number of hydrogen-bond acceptors (Lipinski definition) is 4. The van der Waals surface area contributed by atoms with E-state index in [1.807, 2.05) is 65.9 Å². The van der Waals surface area contributed by atoms with Crippen molar-refractivity contribution in [2.75, 3.05) is 7.11 Å². The van der Waals surface area contributed by atoms with Gasteiger partial charge in [0.1, 0.15) is 11.8 Å². The summed E-state index contributed by atoms with van der Waals surface area (Å²) in [6.07, 6.45) is 4.50. The highest BCUT2D eigenvalue weighted by atomic mass is 35.5. The quantitative estimate of drug-likeness (QED) is 0.896. The number of benzene rings is 2. The summed E-state index contributed by atoms with van der Waals surface area (Å²) >= 11 is 5.93. The molecule has 6 heteroatoms. The second-order valence-corrected chi connectivity index (χ2v) is 6.94. The van der Waals surface area contributed by atoms with E-state index < -0.39 is 0 Å². The lowest BCUT2D eigenvalue weighted by atomic mass is 10.0. The summed E-state index contributed by atoms with van der Waals surface area (Å²) in [6.45, 7) is 0.546. The van der Waals surface area contributed by atoms with Gasteiger partial charge in [0.2, 0.25) is 0 Å². The van der Waals surface area contributed by atoms with Crippen LogP contribution in [0.2, 0.25) is 5.02 Å².